The van der Waals surface area contributed by atoms with Crippen molar-refractivity contribution in [1.82, 2.24) is 0 Å². The highest BCUT2D eigenvalue weighted by Crippen LogP contribution is 2.25. The van der Waals surface area contributed by atoms with E-state index in [2.05, 4.69) is 0 Å². The lowest BCUT2D eigenvalue weighted by atomic mass is 10.2. The van der Waals surface area contributed by atoms with Gasteiger partial charge < -0.3 is 15.6 Å². The highest BCUT2D eigenvalue weighted by Gasteiger charge is 2.12. The molecule has 1 unspecified atom stereocenters. The molecule has 4 nitrogen and oxygen atoms in total. The van der Waals surface area contributed by atoms with Gasteiger partial charge in [0.2, 0.25) is 0 Å². The van der Waals surface area contributed by atoms with Crippen LogP contribution < -0.4 is 10.5 Å². The van der Waals surface area contributed by atoms with Gasteiger partial charge in [-0.1, -0.05) is 17.7 Å². The van der Waals surface area contributed by atoms with E-state index in [1.807, 2.05) is 13.0 Å². The van der Waals surface area contributed by atoms with Crippen molar-refractivity contribution >= 4 is 17.6 Å². The number of nitrogens with two attached hydrogens (primary N) is 1. The zero-order valence-electron chi connectivity index (χ0n) is 8.24. The summed E-state index contributed by atoms with van der Waals surface area (Å²) in [6.45, 7) is 1.79. The van der Waals surface area contributed by atoms with Crippen LogP contribution in [-0.4, -0.2) is 23.7 Å². The van der Waals surface area contributed by atoms with Crippen LogP contribution in [0.2, 0.25) is 5.02 Å². The van der Waals surface area contributed by atoms with Crippen molar-refractivity contribution in [3.05, 3.63) is 28.8 Å². The van der Waals surface area contributed by atoms with Crippen molar-refractivity contribution in [3.8, 4) is 5.75 Å². The molecule has 0 fully saturated rings. The first-order valence-corrected chi connectivity index (χ1v) is 4.76. The standard InChI is InChI=1S/C10H12ClNO3/c1-6-2-3-7(11)9(4-6)15-5-8(12)10(13)14/h2-4,8H,5,12H2,1H3,(H,13,14). The van der Waals surface area contributed by atoms with Gasteiger partial charge in [0.1, 0.15) is 18.4 Å². The smallest absolute Gasteiger partial charge is 0.324 e. The zero-order chi connectivity index (χ0) is 11.4. The maximum atomic E-state index is 10.4. The molecule has 0 spiro atoms. The van der Waals surface area contributed by atoms with Gasteiger partial charge in [-0.2, -0.15) is 0 Å². The minimum Gasteiger partial charge on any atom is -0.490 e. The number of aliphatic carboxylic acids is 1. The Morgan fingerprint density at radius 3 is 2.93 bits per heavy atom. The number of carboxylic acid groups (broad SMARTS) is 1. The second-order valence-electron chi connectivity index (χ2n) is 3.19. The predicted molar refractivity (Wildman–Crippen MR) is 57.3 cm³/mol. The highest BCUT2D eigenvalue weighted by molar-refractivity contribution is 6.32. The van der Waals surface area contributed by atoms with Crippen molar-refractivity contribution in [2.75, 3.05) is 6.61 Å². The van der Waals surface area contributed by atoms with E-state index in [1.54, 1.807) is 12.1 Å². The topological polar surface area (TPSA) is 72.5 Å². The number of hydrogen-bond donors (Lipinski definition) is 2. The normalized spacial score (nSPS) is 12.2. The molecular formula is C10H12ClNO3. The Labute approximate surface area is 92.6 Å². The first kappa shape index (κ1) is 11.8. The molecule has 0 heterocycles. The molecule has 0 radical (unpaired) electrons. The van der Waals surface area contributed by atoms with E-state index in [1.165, 1.54) is 0 Å². The van der Waals surface area contributed by atoms with Crippen LogP contribution in [0.25, 0.3) is 0 Å². The summed E-state index contributed by atoms with van der Waals surface area (Å²) in [6, 6.07) is 4.23. The third kappa shape index (κ3) is 3.42. The van der Waals surface area contributed by atoms with Crippen molar-refractivity contribution in [1.29, 1.82) is 0 Å². The third-order valence-electron chi connectivity index (χ3n) is 1.82. The average Bonchev–Trinajstić information content (AvgIpc) is 2.18. The Morgan fingerprint density at radius 2 is 2.33 bits per heavy atom. The summed E-state index contributed by atoms with van der Waals surface area (Å²) in [7, 11) is 0. The molecule has 3 N–H and O–H groups in total. The molecule has 1 aromatic rings. The molecule has 0 saturated heterocycles. The second kappa shape index (κ2) is 5.00. The van der Waals surface area contributed by atoms with Gasteiger partial charge in [0.05, 0.1) is 5.02 Å². The van der Waals surface area contributed by atoms with Crippen LogP contribution in [0.4, 0.5) is 0 Å². The third-order valence-corrected chi connectivity index (χ3v) is 2.13. The molecule has 82 valence electrons. The van der Waals surface area contributed by atoms with E-state index in [4.69, 9.17) is 27.2 Å². The summed E-state index contributed by atoms with van der Waals surface area (Å²) in [5.74, 6) is -0.646. The Hall–Kier alpha value is -1.26. The van der Waals surface area contributed by atoms with Gasteiger partial charge in [-0.25, -0.2) is 0 Å². The Morgan fingerprint density at radius 1 is 1.67 bits per heavy atom. The number of ether oxygens (including phenoxy) is 1. The van der Waals surface area contributed by atoms with Crippen molar-refractivity contribution in [2.45, 2.75) is 13.0 Å². The molecule has 0 aromatic heterocycles. The minimum atomic E-state index is -1.10. The van der Waals surface area contributed by atoms with E-state index in [0.29, 0.717) is 10.8 Å². The second-order valence-corrected chi connectivity index (χ2v) is 3.60. The van der Waals surface area contributed by atoms with Crippen LogP contribution in [0.15, 0.2) is 18.2 Å². The number of rotatable bonds is 4. The maximum absolute atomic E-state index is 10.4. The van der Waals surface area contributed by atoms with Gasteiger partial charge in [0, 0.05) is 0 Å². The number of aryl methyl sites for hydroxylation is 1. The summed E-state index contributed by atoms with van der Waals surface area (Å²) in [5.41, 5.74) is 6.27. The fraction of sp³-hybridized carbons (Fsp3) is 0.300. The monoisotopic (exact) mass is 229 g/mol. The lowest BCUT2D eigenvalue weighted by molar-refractivity contribution is -0.139. The first-order chi connectivity index (χ1) is 7.00. The van der Waals surface area contributed by atoms with Crippen LogP contribution in [0.3, 0.4) is 0 Å². The van der Waals surface area contributed by atoms with Crippen LogP contribution in [0, 0.1) is 6.92 Å². The van der Waals surface area contributed by atoms with Gasteiger partial charge >= 0.3 is 5.97 Å². The number of carbonyl (C=O) groups is 1. The maximum Gasteiger partial charge on any atom is 0.324 e. The molecule has 15 heavy (non-hydrogen) atoms. The number of benzene rings is 1. The summed E-state index contributed by atoms with van der Waals surface area (Å²) < 4.78 is 5.20. The van der Waals surface area contributed by atoms with E-state index >= 15 is 0 Å². The van der Waals surface area contributed by atoms with E-state index in [-0.39, 0.29) is 6.61 Å². The molecule has 1 aromatic carbocycles. The SMILES string of the molecule is Cc1ccc(Cl)c(OCC(N)C(=O)O)c1. The molecule has 5 heteroatoms. The zero-order valence-corrected chi connectivity index (χ0v) is 8.99. The fourth-order valence-electron chi connectivity index (χ4n) is 0.972. The fourth-order valence-corrected chi connectivity index (χ4v) is 1.14. The van der Waals surface area contributed by atoms with Crippen LogP contribution in [0.1, 0.15) is 5.56 Å². The Balaban J connectivity index is 2.65. The molecule has 0 bridgehead atoms. The number of carboxylic acids is 1. The number of hydrogen-bond acceptors (Lipinski definition) is 3. The van der Waals surface area contributed by atoms with Crippen LogP contribution >= 0.6 is 11.6 Å². The van der Waals surface area contributed by atoms with Crippen LogP contribution in [0.5, 0.6) is 5.75 Å². The summed E-state index contributed by atoms with van der Waals surface area (Å²) in [6.07, 6.45) is 0. The minimum absolute atomic E-state index is 0.0987. The van der Waals surface area contributed by atoms with Gasteiger partial charge in [0.15, 0.2) is 0 Å². The quantitative estimate of drug-likeness (QED) is 0.820. The van der Waals surface area contributed by atoms with Crippen molar-refractivity contribution in [2.24, 2.45) is 5.73 Å². The molecule has 1 atom stereocenters. The van der Waals surface area contributed by atoms with Crippen molar-refractivity contribution < 1.29 is 14.6 Å². The molecule has 0 amide bonds. The first-order valence-electron chi connectivity index (χ1n) is 4.38. The Kier molecular flexibility index (Phi) is 3.94. The molecule has 1 rings (SSSR count). The summed E-state index contributed by atoms with van der Waals surface area (Å²) >= 11 is 5.85. The molecule has 0 aliphatic heterocycles. The molecule has 0 saturated carbocycles. The largest absolute Gasteiger partial charge is 0.490 e. The summed E-state index contributed by atoms with van der Waals surface area (Å²) in [4.78, 5) is 10.4. The van der Waals surface area contributed by atoms with E-state index in [9.17, 15) is 4.79 Å². The summed E-state index contributed by atoms with van der Waals surface area (Å²) in [5, 5.41) is 8.99. The molecule has 0 aliphatic rings. The highest BCUT2D eigenvalue weighted by atomic mass is 35.5. The number of halogens is 1. The average molecular weight is 230 g/mol. The molecular weight excluding hydrogens is 218 g/mol. The van der Waals surface area contributed by atoms with E-state index < -0.39 is 12.0 Å². The van der Waals surface area contributed by atoms with Gasteiger partial charge in [0.25, 0.3) is 0 Å². The lowest BCUT2D eigenvalue weighted by Gasteiger charge is -2.11. The van der Waals surface area contributed by atoms with Crippen LogP contribution in [-0.2, 0) is 4.79 Å². The predicted octanol–water partition coefficient (Wildman–Crippen LogP) is 1.44. The van der Waals surface area contributed by atoms with Gasteiger partial charge in [-0.15, -0.1) is 0 Å². The molecule has 0 aliphatic carbocycles. The Bertz CT molecular complexity index is 368. The van der Waals surface area contributed by atoms with E-state index in [0.717, 1.165) is 5.56 Å². The van der Waals surface area contributed by atoms with Gasteiger partial charge in [-0.3, -0.25) is 4.79 Å². The lowest BCUT2D eigenvalue weighted by Crippen LogP contribution is -2.36. The van der Waals surface area contributed by atoms with Crippen molar-refractivity contribution in [3.63, 3.8) is 0 Å². The van der Waals surface area contributed by atoms with Gasteiger partial charge in [-0.05, 0) is 24.6 Å².